The monoisotopic (exact) mass is 296 g/mol. The van der Waals surface area contributed by atoms with Crippen LogP contribution in [0.1, 0.15) is 18.9 Å². The number of hydrogen-bond donors (Lipinski definition) is 1. The van der Waals surface area contributed by atoms with Crippen molar-refractivity contribution in [3.05, 3.63) is 32.3 Å². The van der Waals surface area contributed by atoms with Crippen molar-refractivity contribution in [3.63, 3.8) is 0 Å². The van der Waals surface area contributed by atoms with E-state index in [1.165, 1.54) is 6.07 Å². The molecule has 1 rings (SSSR count). The number of halogens is 1. The third kappa shape index (κ3) is 3.75. The Morgan fingerprint density at radius 2 is 2.24 bits per heavy atom. The van der Waals surface area contributed by atoms with Crippen LogP contribution >= 0.6 is 15.9 Å². The van der Waals surface area contributed by atoms with Crippen LogP contribution in [0.2, 0.25) is 0 Å². The van der Waals surface area contributed by atoms with Crippen molar-refractivity contribution in [2.45, 2.75) is 20.3 Å². The second-order valence-corrected chi connectivity index (χ2v) is 4.33. The smallest absolute Gasteiger partial charge is 0.273 e. The molecule has 0 bridgehead atoms. The zero-order chi connectivity index (χ0) is 12.8. The van der Waals surface area contributed by atoms with Gasteiger partial charge in [0.25, 0.3) is 5.69 Å². The second-order valence-electron chi connectivity index (χ2n) is 3.48. The third-order valence-electron chi connectivity index (χ3n) is 2.22. The number of nitro groups is 1. The molecule has 0 atom stereocenters. The summed E-state index contributed by atoms with van der Waals surface area (Å²) in [5.74, 6) is 5.76. The average Bonchev–Trinajstić information content (AvgIpc) is 2.28. The molecule has 1 aromatic carbocycles. The second kappa shape index (κ2) is 6.26. The van der Waals surface area contributed by atoms with Gasteiger partial charge in [-0.1, -0.05) is 0 Å². The Morgan fingerprint density at radius 3 is 2.82 bits per heavy atom. The van der Waals surface area contributed by atoms with Crippen molar-refractivity contribution in [2.75, 3.05) is 11.9 Å². The summed E-state index contributed by atoms with van der Waals surface area (Å²) in [5.41, 5.74) is 1.61. The molecule has 0 aliphatic carbocycles. The molecule has 1 N–H and O–H groups in total. The number of anilines is 1. The molecule has 0 aliphatic heterocycles. The molecule has 4 nitrogen and oxygen atoms in total. The molecule has 0 saturated carbocycles. The van der Waals surface area contributed by atoms with Gasteiger partial charge in [0, 0.05) is 34.8 Å². The van der Waals surface area contributed by atoms with Gasteiger partial charge in [0.2, 0.25) is 0 Å². The standard InChI is InChI=1S/C12H13BrN2O2/c1-3-4-5-6-14-11-7-9(2)12(15(16)17)8-10(11)13/h7-8,14H,5-6H2,1-2H3. The zero-order valence-corrected chi connectivity index (χ0v) is 11.3. The van der Waals surface area contributed by atoms with E-state index in [9.17, 15) is 10.1 Å². The minimum atomic E-state index is -0.383. The molecule has 0 amide bonds. The average molecular weight is 297 g/mol. The van der Waals surface area contributed by atoms with Gasteiger partial charge >= 0.3 is 0 Å². The van der Waals surface area contributed by atoms with E-state index in [1.807, 2.05) is 0 Å². The van der Waals surface area contributed by atoms with Crippen molar-refractivity contribution in [3.8, 4) is 11.8 Å². The van der Waals surface area contributed by atoms with Crippen LogP contribution in [0.15, 0.2) is 16.6 Å². The predicted molar refractivity (Wildman–Crippen MR) is 72.1 cm³/mol. The first-order valence-electron chi connectivity index (χ1n) is 5.14. The molecule has 0 aliphatic rings. The highest BCUT2D eigenvalue weighted by molar-refractivity contribution is 9.10. The van der Waals surface area contributed by atoms with Crippen LogP contribution in [0.25, 0.3) is 0 Å². The fourth-order valence-electron chi connectivity index (χ4n) is 1.39. The first-order valence-corrected chi connectivity index (χ1v) is 5.93. The van der Waals surface area contributed by atoms with Gasteiger partial charge in [-0.3, -0.25) is 10.1 Å². The van der Waals surface area contributed by atoms with Gasteiger partial charge in [-0.15, -0.1) is 11.8 Å². The fourth-order valence-corrected chi connectivity index (χ4v) is 1.86. The lowest BCUT2D eigenvalue weighted by atomic mass is 10.2. The Labute approximate surface area is 109 Å². The van der Waals surface area contributed by atoms with Crippen LogP contribution in [-0.4, -0.2) is 11.5 Å². The minimum absolute atomic E-state index is 0.121. The van der Waals surface area contributed by atoms with E-state index in [-0.39, 0.29) is 10.6 Å². The number of nitro benzene ring substituents is 1. The van der Waals surface area contributed by atoms with E-state index in [2.05, 4.69) is 33.1 Å². The normalized spacial score (nSPS) is 9.35. The van der Waals surface area contributed by atoms with Gasteiger partial charge in [0.15, 0.2) is 0 Å². The lowest BCUT2D eigenvalue weighted by molar-refractivity contribution is -0.385. The summed E-state index contributed by atoms with van der Waals surface area (Å²) in [6.07, 6.45) is 0.749. The van der Waals surface area contributed by atoms with E-state index in [4.69, 9.17) is 0 Å². The SMILES string of the molecule is CC#CCCNc1cc(C)c([N+](=O)[O-])cc1Br. The molecule has 0 radical (unpaired) electrons. The van der Waals surface area contributed by atoms with Crippen LogP contribution < -0.4 is 5.32 Å². The van der Waals surface area contributed by atoms with Crippen LogP contribution in [-0.2, 0) is 0 Å². The van der Waals surface area contributed by atoms with Crippen LogP contribution in [0.5, 0.6) is 0 Å². The quantitative estimate of drug-likeness (QED) is 0.400. The molecule has 0 unspecified atom stereocenters. The molecule has 0 saturated heterocycles. The highest BCUT2D eigenvalue weighted by Crippen LogP contribution is 2.30. The predicted octanol–water partition coefficient (Wildman–Crippen LogP) is 3.49. The first-order chi connectivity index (χ1) is 8.06. The maximum atomic E-state index is 10.7. The summed E-state index contributed by atoms with van der Waals surface area (Å²) in [7, 11) is 0. The number of hydrogen-bond acceptors (Lipinski definition) is 3. The summed E-state index contributed by atoms with van der Waals surface area (Å²) in [6.45, 7) is 4.24. The maximum Gasteiger partial charge on any atom is 0.273 e. The summed E-state index contributed by atoms with van der Waals surface area (Å²) in [4.78, 5) is 10.3. The van der Waals surface area contributed by atoms with Crippen LogP contribution in [0.4, 0.5) is 11.4 Å². The van der Waals surface area contributed by atoms with E-state index in [1.54, 1.807) is 19.9 Å². The molecule has 0 spiro atoms. The van der Waals surface area contributed by atoms with E-state index < -0.39 is 0 Å². The Hall–Kier alpha value is -1.54. The molecular weight excluding hydrogens is 284 g/mol. The molecule has 90 valence electrons. The van der Waals surface area contributed by atoms with Gasteiger partial charge in [0.1, 0.15) is 0 Å². The Kier molecular flexibility index (Phi) is 4.98. The number of nitrogens with zero attached hydrogens (tertiary/aromatic N) is 1. The highest BCUT2D eigenvalue weighted by atomic mass is 79.9. The zero-order valence-electron chi connectivity index (χ0n) is 9.71. The Balaban J connectivity index is 2.83. The largest absolute Gasteiger partial charge is 0.383 e. The van der Waals surface area contributed by atoms with E-state index >= 15 is 0 Å². The van der Waals surface area contributed by atoms with Gasteiger partial charge in [-0.25, -0.2) is 0 Å². The third-order valence-corrected chi connectivity index (χ3v) is 2.88. The summed E-state index contributed by atoms with van der Waals surface area (Å²) in [6, 6.07) is 3.28. The molecule has 0 heterocycles. The number of benzene rings is 1. The van der Waals surface area contributed by atoms with Gasteiger partial charge in [0.05, 0.1) is 4.92 Å². The molecule has 17 heavy (non-hydrogen) atoms. The van der Waals surface area contributed by atoms with Crippen molar-refractivity contribution in [2.24, 2.45) is 0 Å². The lowest BCUT2D eigenvalue weighted by Gasteiger charge is -2.08. The molecule has 5 heteroatoms. The lowest BCUT2D eigenvalue weighted by Crippen LogP contribution is -2.02. The van der Waals surface area contributed by atoms with Crippen molar-refractivity contribution >= 4 is 27.3 Å². The molecule has 0 aromatic heterocycles. The fraction of sp³-hybridized carbons (Fsp3) is 0.333. The first kappa shape index (κ1) is 13.5. The van der Waals surface area contributed by atoms with Gasteiger partial charge < -0.3 is 5.32 Å². The van der Waals surface area contributed by atoms with E-state index in [0.29, 0.717) is 10.0 Å². The number of rotatable bonds is 4. The van der Waals surface area contributed by atoms with Gasteiger partial charge in [-0.05, 0) is 35.8 Å². The maximum absolute atomic E-state index is 10.7. The minimum Gasteiger partial charge on any atom is -0.383 e. The van der Waals surface area contributed by atoms with Crippen molar-refractivity contribution < 1.29 is 4.92 Å². The molecule has 0 fully saturated rings. The van der Waals surface area contributed by atoms with Crippen LogP contribution in [0, 0.1) is 28.9 Å². The number of nitrogens with one attached hydrogen (secondary N) is 1. The summed E-state index contributed by atoms with van der Waals surface area (Å²) < 4.78 is 0.694. The Bertz CT molecular complexity index is 489. The van der Waals surface area contributed by atoms with Crippen molar-refractivity contribution in [1.82, 2.24) is 0 Å². The summed E-state index contributed by atoms with van der Waals surface area (Å²) >= 11 is 3.32. The van der Waals surface area contributed by atoms with Crippen LogP contribution in [0.3, 0.4) is 0 Å². The molecule has 1 aromatic rings. The number of aryl methyl sites for hydroxylation is 1. The Morgan fingerprint density at radius 1 is 1.53 bits per heavy atom. The van der Waals surface area contributed by atoms with Gasteiger partial charge in [-0.2, -0.15) is 0 Å². The van der Waals surface area contributed by atoms with Crippen molar-refractivity contribution in [1.29, 1.82) is 0 Å². The highest BCUT2D eigenvalue weighted by Gasteiger charge is 2.13. The topological polar surface area (TPSA) is 55.2 Å². The van der Waals surface area contributed by atoms with E-state index in [0.717, 1.165) is 18.7 Å². The summed E-state index contributed by atoms with van der Waals surface area (Å²) in [5, 5.41) is 13.9. The molecular formula is C12H13BrN2O2.